The number of aromatic nitrogens is 4. The lowest BCUT2D eigenvalue weighted by Crippen LogP contribution is -2.11. The summed E-state index contributed by atoms with van der Waals surface area (Å²) < 4.78 is 7.37. The molecule has 0 fully saturated rings. The summed E-state index contributed by atoms with van der Waals surface area (Å²) >= 11 is 1.41. The summed E-state index contributed by atoms with van der Waals surface area (Å²) in [6.07, 6.45) is 6.04. The van der Waals surface area contributed by atoms with Gasteiger partial charge in [0.2, 0.25) is 0 Å². The Hall–Kier alpha value is -3.58. The Morgan fingerprint density at radius 3 is 2.78 bits per heavy atom. The predicted octanol–water partition coefficient (Wildman–Crippen LogP) is 5.68. The minimum Gasteiger partial charge on any atom is -0.467 e. The SMILES string of the molecule is CCc1cccc2c(C(=O)[C@@H](Sc3nncn3Cc3ccco3)c3ccccc3)c[nH]c12. The number of benzene rings is 2. The van der Waals surface area contributed by atoms with Crippen LogP contribution in [-0.4, -0.2) is 25.5 Å². The Bertz CT molecular complexity index is 1340. The van der Waals surface area contributed by atoms with Crippen LogP contribution in [0, 0.1) is 0 Å². The number of carbonyl (C=O) groups excluding carboxylic acids is 1. The Morgan fingerprint density at radius 2 is 2.00 bits per heavy atom. The summed E-state index contributed by atoms with van der Waals surface area (Å²) in [6.45, 7) is 2.62. The van der Waals surface area contributed by atoms with Crippen LogP contribution in [0.1, 0.15) is 39.4 Å². The van der Waals surface area contributed by atoms with E-state index in [1.54, 1.807) is 12.6 Å². The van der Waals surface area contributed by atoms with Gasteiger partial charge in [-0.3, -0.25) is 4.79 Å². The second-order valence-electron chi connectivity index (χ2n) is 7.49. The van der Waals surface area contributed by atoms with Crippen LogP contribution in [0.25, 0.3) is 10.9 Å². The molecule has 5 aromatic rings. The van der Waals surface area contributed by atoms with Crippen molar-refractivity contribution in [3.05, 3.63) is 102 Å². The van der Waals surface area contributed by atoms with Gasteiger partial charge in [-0.25, -0.2) is 0 Å². The van der Waals surface area contributed by atoms with Crippen LogP contribution in [0.2, 0.25) is 0 Å². The lowest BCUT2D eigenvalue weighted by atomic mass is 10.0. The summed E-state index contributed by atoms with van der Waals surface area (Å²) in [4.78, 5) is 17.2. The largest absolute Gasteiger partial charge is 0.467 e. The highest BCUT2D eigenvalue weighted by molar-refractivity contribution is 8.00. The van der Waals surface area contributed by atoms with Gasteiger partial charge in [0, 0.05) is 22.7 Å². The minimum absolute atomic E-state index is 0.0354. The maximum atomic E-state index is 13.9. The van der Waals surface area contributed by atoms with Crippen molar-refractivity contribution in [3.63, 3.8) is 0 Å². The summed E-state index contributed by atoms with van der Waals surface area (Å²) in [5.41, 5.74) is 3.84. The average Bonchev–Trinajstić information content (AvgIpc) is 3.59. The van der Waals surface area contributed by atoms with Crippen LogP contribution in [0.3, 0.4) is 0 Å². The average molecular weight is 443 g/mol. The van der Waals surface area contributed by atoms with Crippen LogP contribution in [-0.2, 0) is 13.0 Å². The van der Waals surface area contributed by atoms with Crippen LogP contribution in [0.5, 0.6) is 0 Å². The first-order valence-corrected chi connectivity index (χ1v) is 11.4. The molecule has 160 valence electrons. The number of Topliss-reactive ketones (excluding diaryl/α,β-unsaturated/α-hetero) is 1. The highest BCUT2D eigenvalue weighted by Crippen LogP contribution is 2.38. The van der Waals surface area contributed by atoms with Gasteiger partial charge in [-0.2, -0.15) is 0 Å². The first-order valence-electron chi connectivity index (χ1n) is 10.5. The number of hydrogen-bond donors (Lipinski definition) is 1. The first-order chi connectivity index (χ1) is 15.7. The quantitative estimate of drug-likeness (QED) is 0.247. The monoisotopic (exact) mass is 442 g/mol. The molecule has 6 nitrogen and oxygen atoms in total. The van der Waals surface area contributed by atoms with Crippen LogP contribution in [0.15, 0.2) is 89.0 Å². The van der Waals surface area contributed by atoms with Gasteiger partial charge in [0.15, 0.2) is 10.9 Å². The summed E-state index contributed by atoms with van der Waals surface area (Å²) in [5, 5.41) is 9.52. The predicted molar refractivity (Wildman–Crippen MR) is 125 cm³/mol. The van der Waals surface area contributed by atoms with Gasteiger partial charge in [0.1, 0.15) is 17.3 Å². The molecule has 3 aromatic heterocycles. The third kappa shape index (κ3) is 3.87. The molecule has 0 aliphatic heterocycles. The molecule has 0 saturated heterocycles. The fraction of sp³-hybridized carbons (Fsp3) is 0.160. The highest BCUT2D eigenvalue weighted by atomic mass is 32.2. The van der Waals surface area contributed by atoms with Crippen molar-refractivity contribution in [1.82, 2.24) is 19.7 Å². The zero-order valence-corrected chi connectivity index (χ0v) is 18.4. The van der Waals surface area contributed by atoms with Gasteiger partial charge >= 0.3 is 0 Å². The van der Waals surface area contributed by atoms with Crippen molar-refractivity contribution in [2.24, 2.45) is 0 Å². The number of hydrogen-bond acceptors (Lipinski definition) is 5. The van der Waals surface area contributed by atoms with E-state index in [-0.39, 0.29) is 5.78 Å². The Balaban J connectivity index is 1.52. The molecule has 1 atom stereocenters. The Kier molecular flexibility index (Phi) is 5.64. The van der Waals surface area contributed by atoms with Crippen molar-refractivity contribution >= 4 is 28.4 Å². The number of nitrogens with zero attached hydrogens (tertiary/aromatic N) is 3. The Morgan fingerprint density at radius 1 is 1.12 bits per heavy atom. The van der Waals surface area contributed by atoms with E-state index in [9.17, 15) is 4.79 Å². The number of thioether (sulfide) groups is 1. The van der Waals surface area contributed by atoms with Crippen LogP contribution < -0.4 is 0 Å². The minimum atomic E-state index is -0.458. The number of para-hydroxylation sites is 1. The van der Waals surface area contributed by atoms with E-state index in [0.29, 0.717) is 17.3 Å². The molecule has 0 bridgehead atoms. The fourth-order valence-electron chi connectivity index (χ4n) is 3.88. The van der Waals surface area contributed by atoms with Gasteiger partial charge in [0.25, 0.3) is 0 Å². The molecule has 0 radical (unpaired) electrons. The van der Waals surface area contributed by atoms with E-state index in [4.69, 9.17) is 4.42 Å². The molecule has 7 heteroatoms. The molecule has 2 aromatic carbocycles. The van der Waals surface area contributed by atoms with Gasteiger partial charge in [0.05, 0.1) is 12.8 Å². The standard InChI is InChI=1S/C25H22N4O2S/c1-2-17-10-6-12-20-21(14-26-22(17)20)23(30)24(18-8-4-3-5-9-18)32-25-28-27-16-29(25)15-19-11-7-13-31-19/h3-14,16,24,26H,2,15H2,1H3/t24-/m0/s1. The van der Waals surface area contributed by atoms with Gasteiger partial charge < -0.3 is 14.0 Å². The van der Waals surface area contributed by atoms with E-state index < -0.39 is 5.25 Å². The maximum Gasteiger partial charge on any atom is 0.192 e. The highest BCUT2D eigenvalue weighted by Gasteiger charge is 2.28. The molecule has 0 aliphatic rings. The van der Waals surface area contributed by atoms with Crippen LogP contribution >= 0.6 is 11.8 Å². The van der Waals surface area contributed by atoms with Crippen molar-refractivity contribution < 1.29 is 9.21 Å². The van der Waals surface area contributed by atoms with Gasteiger partial charge in [-0.05, 0) is 29.7 Å². The number of ketones is 1. The molecule has 0 amide bonds. The molecular weight excluding hydrogens is 420 g/mol. The van der Waals surface area contributed by atoms with E-state index in [2.05, 4.69) is 28.2 Å². The molecule has 1 N–H and O–H groups in total. The van der Waals surface area contributed by atoms with E-state index >= 15 is 0 Å². The summed E-state index contributed by atoms with van der Waals surface area (Å²) in [6, 6.07) is 19.7. The fourth-order valence-corrected chi connectivity index (χ4v) is 4.96. The first kappa shape index (κ1) is 20.3. The summed E-state index contributed by atoms with van der Waals surface area (Å²) in [5.74, 6) is 0.839. The van der Waals surface area contributed by atoms with E-state index in [0.717, 1.165) is 28.6 Å². The number of fused-ring (bicyclic) bond motifs is 1. The summed E-state index contributed by atoms with van der Waals surface area (Å²) in [7, 11) is 0. The zero-order chi connectivity index (χ0) is 21.9. The molecular formula is C25H22N4O2S. The van der Waals surface area contributed by atoms with E-state index in [1.807, 2.05) is 65.4 Å². The lowest BCUT2D eigenvalue weighted by molar-refractivity contribution is 0.0991. The lowest BCUT2D eigenvalue weighted by Gasteiger charge is -2.16. The normalized spacial score (nSPS) is 12.3. The van der Waals surface area contributed by atoms with Gasteiger partial charge in [-0.15, -0.1) is 10.2 Å². The number of nitrogens with one attached hydrogen (secondary N) is 1. The number of carbonyl (C=O) groups is 1. The number of aromatic amines is 1. The topological polar surface area (TPSA) is 76.7 Å². The van der Waals surface area contributed by atoms with Crippen molar-refractivity contribution in [2.45, 2.75) is 30.3 Å². The van der Waals surface area contributed by atoms with Crippen molar-refractivity contribution in [1.29, 1.82) is 0 Å². The zero-order valence-electron chi connectivity index (χ0n) is 17.6. The molecule has 32 heavy (non-hydrogen) atoms. The molecule has 5 rings (SSSR count). The third-order valence-corrected chi connectivity index (χ3v) is 6.75. The number of aryl methyl sites for hydroxylation is 1. The molecule has 0 saturated carbocycles. The van der Waals surface area contributed by atoms with Gasteiger partial charge in [-0.1, -0.05) is 67.2 Å². The maximum absolute atomic E-state index is 13.9. The molecule has 0 unspecified atom stereocenters. The van der Waals surface area contributed by atoms with Crippen molar-refractivity contribution in [2.75, 3.05) is 0 Å². The van der Waals surface area contributed by atoms with Crippen LogP contribution in [0.4, 0.5) is 0 Å². The Labute approximate surface area is 189 Å². The number of furan rings is 1. The van der Waals surface area contributed by atoms with E-state index in [1.165, 1.54) is 17.3 Å². The second-order valence-corrected chi connectivity index (χ2v) is 8.56. The number of rotatable bonds is 8. The molecule has 3 heterocycles. The number of H-pyrrole nitrogens is 1. The molecule has 0 aliphatic carbocycles. The molecule has 0 spiro atoms. The smallest absolute Gasteiger partial charge is 0.192 e. The van der Waals surface area contributed by atoms with Crippen molar-refractivity contribution in [3.8, 4) is 0 Å². The second kappa shape index (κ2) is 8.88. The third-order valence-electron chi connectivity index (χ3n) is 5.50.